The van der Waals surface area contributed by atoms with Gasteiger partial charge >= 0.3 is 0 Å². The van der Waals surface area contributed by atoms with Gasteiger partial charge in [0, 0.05) is 37.3 Å². The molecule has 0 radical (unpaired) electrons. The molecule has 2 N–H and O–H groups in total. The molecule has 32 heavy (non-hydrogen) atoms. The lowest BCUT2D eigenvalue weighted by atomic mass is 10.00. The van der Waals surface area contributed by atoms with Gasteiger partial charge in [0.25, 0.3) is 0 Å². The van der Waals surface area contributed by atoms with E-state index >= 15 is 0 Å². The van der Waals surface area contributed by atoms with Gasteiger partial charge in [0.05, 0.1) is 30.7 Å². The normalized spacial score (nSPS) is 14.8. The van der Waals surface area contributed by atoms with Gasteiger partial charge in [0.15, 0.2) is 0 Å². The lowest BCUT2D eigenvalue weighted by molar-refractivity contribution is -0.123. The number of anilines is 1. The molecule has 0 aromatic heterocycles. The van der Waals surface area contributed by atoms with E-state index in [1.807, 2.05) is 55.5 Å². The first-order valence-electron chi connectivity index (χ1n) is 11.0. The number of carbonyl (C=O) groups excluding carboxylic acids is 2. The Hall–Kier alpha value is -3.53. The van der Waals surface area contributed by atoms with Crippen molar-refractivity contribution in [1.82, 2.24) is 10.6 Å². The molecule has 1 aliphatic heterocycles. The van der Waals surface area contributed by atoms with E-state index in [2.05, 4.69) is 21.6 Å². The molecule has 0 aliphatic carbocycles. The summed E-state index contributed by atoms with van der Waals surface area (Å²) in [5, 5.41) is 15.0. The van der Waals surface area contributed by atoms with Crippen molar-refractivity contribution in [3.63, 3.8) is 0 Å². The predicted octanol–water partition coefficient (Wildman–Crippen LogP) is 3.31. The fourth-order valence-electron chi connectivity index (χ4n) is 4.04. The number of hydrogen-bond acceptors (Lipinski definition) is 5. The topological polar surface area (TPSA) is 94.5 Å². The number of rotatable bonds is 8. The second-order valence-electron chi connectivity index (χ2n) is 7.92. The highest BCUT2D eigenvalue weighted by molar-refractivity contribution is 5.79. The Bertz CT molecular complexity index is 960. The highest BCUT2D eigenvalue weighted by Crippen LogP contribution is 2.28. The largest absolute Gasteiger partial charge is 0.494 e. The van der Waals surface area contributed by atoms with E-state index in [0.29, 0.717) is 17.9 Å². The molecule has 0 saturated carbocycles. The molecule has 0 spiro atoms. The van der Waals surface area contributed by atoms with Crippen molar-refractivity contribution < 1.29 is 14.3 Å². The van der Waals surface area contributed by atoms with Gasteiger partial charge in [-0.3, -0.25) is 9.59 Å². The van der Waals surface area contributed by atoms with E-state index in [-0.39, 0.29) is 24.3 Å². The zero-order valence-corrected chi connectivity index (χ0v) is 18.6. The summed E-state index contributed by atoms with van der Waals surface area (Å²) in [6, 6.07) is 16.8. The molecule has 2 aromatic carbocycles. The van der Waals surface area contributed by atoms with E-state index in [4.69, 9.17) is 10.00 Å². The van der Waals surface area contributed by atoms with Gasteiger partial charge in [0.1, 0.15) is 5.75 Å². The molecule has 7 nitrogen and oxygen atoms in total. The van der Waals surface area contributed by atoms with Crippen molar-refractivity contribution in [2.45, 2.75) is 45.2 Å². The maximum absolute atomic E-state index is 12.8. The Morgan fingerprint density at radius 3 is 2.47 bits per heavy atom. The zero-order chi connectivity index (χ0) is 22.9. The molecule has 2 amide bonds. The summed E-state index contributed by atoms with van der Waals surface area (Å²) in [5.41, 5.74) is 2.54. The summed E-state index contributed by atoms with van der Waals surface area (Å²) in [5.74, 6) is 0.397. The van der Waals surface area contributed by atoms with Gasteiger partial charge in [0.2, 0.25) is 11.8 Å². The van der Waals surface area contributed by atoms with Crippen molar-refractivity contribution in [2.24, 2.45) is 0 Å². The number of nitrogens with one attached hydrogen (secondary N) is 2. The third-order valence-corrected chi connectivity index (χ3v) is 5.58. The zero-order valence-electron chi connectivity index (χ0n) is 18.6. The lowest BCUT2D eigenvalue weighted by Crippen LogP contribution is -2.45. The standard InChI is InChI=1S/C25H30N4O3/c1-3-32-24-7-5-4-6-22(24)23(27-18(2)30)16-25(31)28-20-12-14-29(15-13-20)21-10-8-19(17-26)9-11-21/h4-11,20,23H,3,12-16H2,1-2H3,(H,27,30)(H,28,31). The number of para-hydroxylation sites is 1. The van der Waals surface area contributed by atoms with Crippen LogP contribution in [0, 0.1) is 11.3 Å². The quantitative estimate of drug-likeness (QED) is 0.665. The third kappa shape index (κ3) is 6.24. The Morgan fingerprint density at radius 2 is 1.84 bits per heavy atom. The van der Waals surface area contributed by atoms with E-state index < -0.39 is 6.04 Å². The minimum atomic E-state index is -0.450. The van der Waals surface area contributed by atoms with Crippen LogP contribution >= 0.6 is 0 Å². The smallest absolute Gasteiger partial charge is 0.222 e. The summed E-state index contributed by atoms with van der Waals surface area (Å²) in [7, 11) is 0. The third-order valence-electron chi connectivity index (χ3n) is 5.58. The average Bonchev–Trinajstić information content (AvgIpc) is 2.79. The predicted molar refractivity (Wildman–Crippen MR) is 123 cm³/mol. The SMILES string of the molecule is CCOc1ccccc1C(CC(=O)NC1CCN(c2ccc(C#N)cc2)CC1)NC(C)=O. The second-order valence-corrected chi connectivity index (χ2v) is 7.92. The number of carbonyl (C=O) groups is 2. The molecule has 168 valence electrons. The van der Waals surface area contributed by atoms with E-state index in [9.17, 15) is 9.59 Å². The fourth-order valence-corrected chi connectivity index (χ4v) is 4.04. The highest BCUT2D eigenvalue weighted by atomic mass is 16.5. The molecular weight excluding hydrogens is 404 g/mol. The Kier molecular flexibility index (Phi) is 8.09. The number of benzene rings is 2. The van der Waals surface area contributed by atoms with Crippen molar-refractivity contribution >= 4 is 17.5 Å². The van der Waals surface area contributed by atoms with Crippen LogP contribution < -0.4 is 20.3 Å². The Balaban J connectivity index is 1.57. The molecule has 1 unspecified atom stereocenters. The molecule has 2 aromatic rings. The number of hydrogen-bond donors (Lipinski definition) is 2. The highest BCUT2D eigenvalue weighted by Gasteiger charge is 2.24. The maximum Gasteiger partial charge on any atom is 0.222 e. The van der Waals surface area contributed by atoms with Gasteiger partial charge in [-0.05, 0) is 50.1 Å². The van der Waals surface area contributed by atoms with Gasteiger partial charge in [-0.15, -0.1) is 0 Å². The Labute approximate surface area is 189 Å². The first-order chi connectivity index (χ1) is 15.5. The first-order valence-corrected chi connectivity index (χ1v) is 11.0. The van der Waals surface area contributed by atoms with Gasteiger partial charge in [-0.1, -0.05) is 18.2 Å². The number of nitriles is 1. The van der Waals surface area contributed by atoms with Crippen molar-refractivity contribution in [2.75, 3.05) is 24.6 Å². The molecule has 1 heterocycles. The number of piperidine rings is 1. The van der Waals surface area contributed by atoms with Gasteiger partial charge in [-0.2, -0.15) is 5.26 Å². The van der Waals surface area contributed by atoms with Gasteiger partial charge in [-0.25, -0.2) is 0 Å². The molecule has 1 atom stereocenters. The molecule has 0 bridgehead atoms. The van der Waals surface area contributed by atoms with Crippen LogP contribution in [0.2, 0.25) is 0 Å². The van der Waals surface area contributed by atoms with Crippen LogP contribution in [0.4, 0.5) is 5.69 Å². The van der Waals surface area contributed by atoms with E-state index in [1.54, 1.807) is 0 Å². The monoisotopic (exact) mass is 434 g/mol. The van der Waals surface area contributed by atoms with E-state index in [1.165, 1.54) is 6.92 Å². The summed E-state index contributed by atoms with van der Waals surface area (Å²) in [6.45, 7) is 5.53. The molecule has 1 saturated heterocycles. The van der Waals surface area contributed by atoms with Crippen LogP contribution in [0.3, 0.4) is 0 Å². The van der Waals surface area contributed by atoms with Crippen LogP contribution in [-0.2, 0) is 9.59 Å². The van der Waals surface area contributed by atoms with Crippen molar-refractivity contribution in [3.8, 4) is 11.8 Å². The van der Waals surface area contributed by atoms with Crippen LogP contribution in [-0.4, -0.2) is 37.6 Å². The van der Waals surface area contributed by atoms with Crippen molar-refractivity contribution in [1.29, 1.82) is 5.26 Å². The summed E-state index contributed by atoms with van der Waals surface area (Å²) >= 11 is 0. The number of nitrogens with zero attached hydrogens (tertiary/aromatic N) is 2. The van der Waals surface area contributed by atoms with Gasteiger partial charge < -0.3 is 20.3 Å². The minimum Gasteiger partial charge on any atom is -0.494 e. The summed E-state index contributed by atoms with van der Waals surface area (Å²) in [4.78, 5) is 26.9. The minimum absolute atomic E-state index is 0.0909. The molecule has 1 aliphatic rings. The first kappa shape index (κ1) is 23.1. The van der Waals surface area contributed by atoms with E-state index in [0.717, 1.165) is 37.2 Å². The molecule has 1 fully saturated rings. The summed E-state index contributed by atoms with van der Waals surface area (Å²) in [6.07, 6.45) is 1.83. The fraction of sp³-hybridized carbons (Fsp3) is 0.400. The summed E-state index contributed by atoms with van der Waals surface area (Å²) < 4.78 is 5.69. The van der Waals surface area contributed by atoms with Crippen LogP contribution in [0.25, 0.3) is 0 Å². The van der Waals surface area contributed by atoms with Crippen molar-refractivity contribution in [3.05, 3.63) is 59.7 Å². The second kappa shape index (κ2) is 11.2. The maximum atomic E-state index is 12.8. The lowest BCUT2D eigenvalue weighted by Gasteiger charge is -2.34. The number of ether oxygens (including phenoxy) is 1. The van der Waals surface area contributed by atoms with Crippen LogP contribution in [0.15, 0.2) is 48.5 Å². The number of amides is 2. The van der Waals surface area contributed by atoms with Crippen LogP contribution in [0.1, 0.15) is 50.3 Å². The molecule has 3 rings (SSSR count). The average molecular weight is 435 g/mol. The Morgan fingerprint density at radius 1 is 1.16 bits per heavy atom. The molecule has 7 heteroatoms. The van der Waals surface area contributed by atoms with Crippen LogP contribution in [0.5, 0.6) is 5.75 Å². The molecular formula is C25H30N4O3.